The summed E-state index contributed by atoms with van der Waals surface area (Å²) in [4.78, 5) is 20.0. The molecule has 0 saturated carbocycles. The lowest BCUT2D eigenvalue weighted by atomic mass is 10.3. The second-order valence-corrected chi connectivity index (χ2v) is 10.9. The van der Waals surface area contributed by atoms with E-state index >= 15 is 0 Å². The molecular formula is C17H14Cl2N4O4S3. The molecule has 0 radical (unpaired) electrons. The van der Waals surface area contributed by atoms with Crippen molar-refractivity contribution in [3.63, 3.8) is 0 Å². The molecule has 13 heteroatoms. The summed E-state index contributed by atoms with van der Waals surface area (Å²) in [5.41, 5.74) is 6.26. The number of halogens is 2. The highest BCUT2D eigenvalue weighted by molar-refractivity contribution is 7.99. The summed E-state index contributed by atoms with van der Waals surface area (Å²) in [6.07, 6.45) is 1.12. The van der Waals surface area contributed by atoms with Crippen LogP contribution < -0.4 is 15.8 Å². The van der Waals surface area contributed by atoms with Crippen LogP contribution in [0.15, 0.2) is 50.8 Å². The van der Waals surface area contributed by atoms with Gasteiger partial charge < -0.3 is 15.8 Å². The fraction of sp³-hybridized carbons (Fsp3) is 0.118. The van der Waals surface area contributed by atoms with Gasteiger partial charge in [-0.15, -0.1) is 11.3 Å². The standard InChI is InChI=1S/C17H14Cl2N4O4S3/c1-27-11-3-2-9(18)6-10(11)22-14(24)8-28-17-21-7-12(16(20)23-17)30(25,26)15-5-4-13(19)29-15/h2-7H,8H2,1H3,(H,22,24)(H2,20,21,23). The zero-order chi connectivity index (χ0) is 21.9. The summed E-state index contributed by atoms with van der Waals surface area (Å²) in [6.45, 7) is 0. The number of hydrogen-bond donors (Lipinski definition) is 2. The average molecular weight is 505 g/mol. The molecule has 1 aromatic carbocycles. The molecule has 2 aromatic heterocycles. The molecule has 3 N–H and O–H groups in total. The van der Waals surface area contributed by atoms with Gasteiger partial charge in [0.1, 0.15) is 20.7 Å². The number of amides is 1. The van der Waals surface area contributed by atoms with Gasteiger partial charge in [-0.2, -0.15) is 0 Å². The van der Waals surface area contributed by atoms with Gasteiger partial charge in [0.2, 0.25) is 15.7 Å². The summed E-state index contributed by atoms with van der Waals surface area (Å²) in [7, 11) is -2.40. The largest absolute Gasteiger partial charge is 0.495 e. The Morgan fingerprint density at radius 1 is 1.30 bits per heavy atom. The van der Waals surface area contributed by atoms with E-state index in [4.69, 9.17) is 33.7 Å². The summed E-state index contributed by atoms with van der Waals surface area (Å²) >= 11 is 13.7. The fourth-order valence-electron chi connectivity index (χ4n) is 2.29. The maximum Gasteiger partial charge on any atom is 0.234 e. The minimum absolute atomic E-state index is 0.0399. The van der Waals surface area contributed by atoms with E-state index in [9.17, 15) is 13.2 Å². The first-order chi connectivity index (χ1) is 14.2. The number of benzene rings is 1. The average Bonchev–Trinajstić information content (AvgIpc) is 3.14. The highest BCUT2D eigenvalue weighted by Crippen LogP contribution is 2.32. The Bertz CT molecular complexity index is 1200. The summed E-state index contributed by atoms with van der Waals surface area (Å²) < 4.78 is 30.8. The van der Waals surface area contributed by atoms with E-state index in [1.807, 2.05) is 0 Å². The number of nitrogen functional groups attached to an aromatic ring is 1. The van der Waals surface area contributed by atoms with Gasteiger partial charge in [0, 0.05) is 5.02 Å². The number of nitrogens with two attached hydrogens (primary N) is 1. The highest BCUT2D eigenvalue weighted by atomic mass is 35.5. The molecule has 0 aliphatic rings. The predicted octanol–water partition coefficient (Wildman–Crippen LogP) is 4.00. The molecule has 0 bridgehead atoms. The molecule has 0 fully saturated rings. The monoisotopic (exact) mass is 504 g/mol. The van der Waals surface area contributed by atoms with Gasteiger partial charge in [0.15, 0.2) is 5.16 Å². The summed E-state index contributed by atoms with van der Waals surface area (Å²) in [5, 5.41) is 3.28. The number of ether oxygens (including phenoxy) is 1. The molecule has 0 atom stereocenters. The van der Waals surface area contributed by atoms with Crippen molar-refractivity contribution in [1.82, 2.24) is 9.97 Å². The van der Waals surface area contributed by atoms with E-state index in [0.717, 1.165) is 29.3 Å². The first-order valence-electron chi connectivity index (χ1n) is 8.10. The molecule has 2 heterocycles. The molecule has 1 amide bonds. The third-order valence-corrected chi connectivity index (χ3v) is 8.22. The van der Waals surface area contributed by atoms with Crippen LogP contribution in [0.5, 0.6) is 5.75 Å². The number of hydrogen-bond acceptors (Lipinski definition) is 9. The van der Waals surface area contributed by atoms with E-state index in [0.29, 0.717) is 20.8 Å². The third kappa shape index (κ3) is 5.16. The van der Waals surface area contributed by atoms with Crippen molar-refractivity contribution < 1.29 is 17.9 Å². The Morgan fingerprint density at radius 3 is 2.70 bits per heavy atom. The van der Waals surface area contributed by atoms with Gasteiger partial charge in [0.05, 0.1) is 29.1 Å². The summed E-state index contributed by atoms with van der Waals surface area (Å²) in [5.74, 6) is -0.148. The number of sulfone groups is 1. The SMILES string of the molecule is COc1ccc(Cl)cc1NC(=O)CSc1ncc(S(=O)(=O)c2ccc(Cl)s2)c(N)n1. The van der Waals surface area contributed by atoms with Crippen LogP contribution in [0.25, 0.3) is 0 Å². The minimum Gasteiger partial charge on any atom is -0.495 e. The van der Waals surface area contributed by atoms with Crippen LogP contribution in [0.3, 0.4) is 0 Å². The maximum absolute atomic E-state index is 12.6. The Morgan fingerprint density at radius 2 is 2.07 bits per heavy atom. The second-order valence-electron chi connectivity index (χ2n) is 5.65. The molecule has 3 aromatic rings. The molecular weight excluding hydrogens is 491 g/mol. The topological polar surface area (TPSA) is 124 Å². The second kappa shape index (κ2) is 9.40. The van der Waals surface area contributed by atoms with E-state index in [-0.39, 0.29) is 31.7 Å². The number of rotatable bonds is 7. The van der Waals surface area contributed by atoms with Crippen molar-refractivity contribution in [2.24, 2.45) is 0 Å². The van der Waals surface area contributed by atoms with Crippen LogP contribution in [0.4, 0.5) is 11.5 Å². The Balaban J connectivity index is 1.69. The zero-order valence-electron chi connectivity index (χ0n) is 15.3. The van der Waals surface area contributed by atoms with Crippen molar-refractivity contribution in [1.29, 1.82) is 0 Å². The maximum atomic E-state index is 12.6. The van der Waals surface area contributed by atoms with Crippen LogP contribution in [-0.4, -0.2) is 37.2 Å². The zero-order valence-corrected chi connectivity index (χ0v) is 19.2. The van der Waals surface area contributed by atoms with Gasteiger partial charge in [-0.05, 0) is 30.3 Å². The van der Waals surface area contributed by atoms with Crippen molar-refractivity contribution in [3.05, 3.63) is 45.9 Å². The van der Waals surface area contributed by atoms with Gasteiger partial charge in [-0.3, -0.25) is 4.79 Å². The third-order valence-electron chi connectivity index (χ3n) is 3.63. The molecule has 8 nitrogen and oxygen atoms in total. The van der Waals surface area contributed by atoms with Gasteiger partial charge >= 0.3 is 0 Å². The number of nitrogens with one attached hydrogen (secondary N) is 1. The van der Waals surface area contributed by atoms with Gasteiger partial charge in [-0.1, -0.05) is 35.0 Å². The van der Waals surface area contributed by atoms with Crippen molar-refractivity contribution >= 4 is 73.6 Å². The van der Waals surface area contributed by atoms with Gasteiger partial charge in [0.25, 0.3) is 0 Å². The van der Waals surface area contributed by atoms with Crippen LogP contribution >= 0.6 is 46.3 Å². The molecule has 3 rings (SSSR count). The quantitative estimate of drug-likeness (QED) is 0.365. The fourth-order valence-corrected chi connectivity index (χ4v) is 5.95. The Labute approximate surface area is 190 Å². The van der Waals surface area contributed by atoms with E-state index in [2.05, 4.69) is 15.3 Å². The highest BCUT2D eigenvalue weighted by Gasteiger charge is 2.24. The Hall–Kier alpha value is -2.05. The van der Waals surface area contributed by atoms with E-state index < -0.39 is 9.84 Å². The number of methoxy groups -OCH3 is 1. The van der Waals surface area contributed by atoms with Crippen LogP contribution in [-0.2, 0) is 14.6 Å². The minimum atomic E-state index is -3.88. The number of thioether (sulfide) groups is 1. The first kappa shape index (κ1) is 22.6. The van der Waals surface area contributed by atoms with E-state index in [1.165, 1.54) is 19.2 Å². The molecule has 0 aliphatic carbocycles. The van der Waals surface area contributed by atoms with Gasteiger partial charge in [-0.25, -0.2) is 18.4 Å². The predicted molar refractivity (Wildman–Crippen MR) is 119 cm³/mol. The molecule has 0 unspecified atom stereocenters. The number of carbonyl (C=O) groups is 1. The number of nitrogens with zero attached hydrogens (tertiary/aromatic N) is 2. The molecule has 0 spiro atoms. The lowest BCUT2D eigenvalue weighted by Crippen LogP contribution is -2.15. The molecule has 30 heavy (non-hydrogen) atoms. The van der Waals surface area contributed by atoms with Crippen LogP contribution in [0.2, 0.25) is 9.36 Å². The summed E-state index contributed by atoms with van der Waals surface area (Å²) in [6, 6.07) is 7.71. The van der Waals surface area contributed by atoms with Crippen LogP contribution in [0, 0.1) is 0 Å². The first-order valence-corrected chi connectivity index (χ1v) is 12.1. The smallest absolute Gasteiger partial charge is 0.234 e. The van der Waals surface area contributed by atoms with Crippen molar-refractivity contribution in [2.45, 2.75) is 14.3 Å². The van der Waals surface area contributed by atoms with Crippen molar-refractivity contribution in [2.75, 3.05) is 23.9 Å². The number of aromatic nitrogens is 2. The molecule has 158 valence electrons. The Kier molecular flexibility index (Phi) is 7.09. The number of carbonyl (C=O) groups excluding carboxylic acids is 1. The van der Waals surface area contributed by atoms with Crippen molar-refractivity contribution in [3.8, 4) is 5.75 Å². The number of thiophene rings is 1. The molecule has 0 saturated heterocycles. The lowest BCUT2D eigenvalue weighted by molar-refractivity contribution is -0.113. The normalized spacial score (nSPS) is 11.3. The lowest BCUT2D eigenvalue weighted by Gasteiger charge is -2.10. The number of anilines is 2. The van der Waals surface area contributed by atoms with Crippen LogP contribution in [0.1, 0.15) is 0 Å². The van der Waals surface area contributed by atoms with E-state index in [1.54, 1.807) is 18.2 Å². The molecule has 0 aliphatic heterocycles.